The van der Waals surface area contributed by atoms with Crippen molar-refractivity contribution in [3.63, 3.8) is 0 Å². The number of nitrogens with one attached hydrogen (secondary N) is 1. The minimum Gasteiger partial charge on any atom is -0.361 e. The van der Waals surface area contributed by atoms with Crippen LogP contribution in [0.15, 0.2) is 25.9 Å². The Hall–Kier alpha value is 0.0900. The first-order valence-electron chi connectivity index (χ1n) is 4.33. The van der Waals surface area contributed by atoms with E-state index in [-0.39, 0.29) is 0 Å². The smallest absolute Gasteiger partial charge is 0.183 e. The van der Waals surface area contributed by atoms with E-state index in [4.69, 9.17) is 0 Å². The number of nitrogens with zero attached hydrogens (tertiary/aromatic N) is 1. The zero-order valence-corrected chi connectivity index (χ0v) is 12.5. The number of anilines is 1. The van der Waals surface area contributed by atoms with Crippen LogP contribution in [0.3, 0.4) is 0 Å². The third kappa shape index (κ3) is 3.55. The highest BCUT2D eigenvalue weighted by atomic mass is 79.9. The van der Waals surface area contributed by atoms with Gasteiger partial charge in [0.1, 0.15) is 4.60 Å². The summed E-state index contributed by atoms with van der Waals surface area (Å²) in [5.74, 6) is 0. The Labute approximate surface area is 113 Å². The molecule has 0 aliphatic rings. The lowest BCUT2D eigenvalue weighted by atomic mass is 10.3. The Kier molecular flexibility index (Phi) is 4.19. The molecule has 2 nitrogen and oxygen atoms in total. The fourth-order valence-electron chi connectivity index (χ4n) is 1.11. The van der Waals surface area contributed by atoms with Crippen LogP contribution in [0, 0.1) is 0 Å². The van der Waals surface area contributed by atoms with Crippen molar-refractivity contribution in [1.29, 1.82) is 0 Å². The van der Waals surface area contributed by atoms with E-state index in [2.05, 4.69) is 54.3 Å². The van der Waals surface area contributed by atoms with Gasteiger partial charge in [-0.1, -0.05) is 0 Å². The number of halogens is 2. The number of rotatable bonds is 4. The molecule has 0 atom stereocenters. The van der Waals surface area contributed by atoms with Crippen molar-refractivity contribution in [1.82, 2.24) is 4.98 Å². The number of aromatic nitrogens is 1. The largest absolute Gasteiger partial charge is 0.361 e. The fraction of sp³-hybridized carbons (Fsp3) is 0.222. The molecule has 0 saturated carbocycles. The highest BCUT2D eigenvalue weighted by molar-refractivity contribution is 9.11. The maximum Gasteiger partial charge on any atom is 0.183 e. The van der Waals surface area contributed by atoms with Crippen LogP contribution in [-0.4, -0.2) is 11.5 Å². The van der Waals surface area contributed by atoms with Gasteiger partial charge in [0, 0.05) is 16.8 Å². The van der Waals surface area contributed by atoms with Crippen molar-refractivity contribution >= 4 is 59.7 Å². The zero-order chi connectivity index (χ0) is 10.7. The quantitative estimate of drug-likeness (QED) is 0.866. The molecule has 6 heteroatoms. The first kappa shape index (κ1) is 11.6. The van der Waals surface area contributed by atoms with Gasteiger partial charge in [-0.05, 0) is 50.4 Å². The molecule has 0 aliphatic heterocycles. The molecule has 0 unspecified atom stereocenters. The average molecular weight is 368 g/mol. The Morgan fingerprint density at radius 3 is 2.80 bits per heavy atom. The first-order chi connectivity index (χ1) is 7.24. The second-order valence-electron chi connectivity index (χ2n) is 2.86. The second-order valence-corrected chi connectivity index (χ2v) is 7.08. The minimum atomic E-state index is 0.897. The summed E-state index contributed by atoms with van der Waals surface area (Å²) < 4.78 is 2.09. The standard InChI is InChI=1S/C9H8Br2N2S2/c10-7-5-14-9(13-7)12-4-3-6-1-2-8(11)15-6/h1-2,5H,3-4H2,(H,12,13). The molecule has 0 amide bonds. The monoisotopic (exact) mass is 366 g/mol. The Bertz CT molecular complexity index is 399. The van der Waals surface area contributed by atoms with Crippen molar-refractivity contribution < 1.29 is 0 Å². The molecule has 1 N–H and O–H groups in total. The molecule has 0 saturated heterocycles. The summed E-state index contributed by atoms with van der Waals surface area (Å²) in [4.78, 5) is 5.64. The van der Waals surface area contributed by atoms with E-state index in [1.807, 2.05) is 5.38 Å². The van der Waals surface area contributed by atoms with Crippen molar-refractivity contribution in [2.75, 3.05) is 11.9 Å². The summed E-state index contributed by atoms with van der Waals surface area (Å²) in [7, 11) is 0. The second kappa shape index (κ2) is 5.43. The lowest BCUT2D eigenvalue weighted by Crippen LogP contribution is -2.03. The minimum absolute atomic E-state index is 0.897. The third-order valence-corrected chi connectivity index (χ3v) is 4.95. The molecule has 80 valence electrons. The lowest BCUT2D eigenvalue weighted by Gasteiger charge is -1.99. The van der Waals surface area contributed by atoms with Crippen LogP contribution in [0.25, 0.3) is 0 Å². The molecule has 0 radical (unpaired) electrons. The lowest BCUT2D eigenvalue weighted by molar-refractivity contribution is 1.04. The molecule has 2 heterocycles. The SMILES string of the molecule is Brc1csc(NCCc2ccc(Br)s2)n1. The molecule has 0 bridgehead atoms. The summed E-state index contributed by atoms with van der Waals surface area (Å²) in [6.07, 6.45) is 1.04. The van der Waals surface area contributed by atoms with E-state index in [1.54, 1.807) is 22.7 Å². The molecule has 0 aliphatic carbocycles. The van der Waals surface area contributed by atoms with E-state index in [9.17, 15) is 0 Å². The van der Waals surface area contributed by atoms with Crippen molar-refractivity contribution in [2.45, 2.75) is 6.42 Å². The van der Waals surface area contributed by atoms with Crippen molar-refractivity contribution in [3.8, 4) is 0 Å². The number of hydrogen-bond acceptors (Lipinski definition) is 4. The van der Waals surface area contributed by atoms with Gasteiger partial charge in [-0.2, -0.15) is 0 Å². The van der Waals surface area contributed by atoms with Gasteiger partial charge in [0.25, 0.3) is 0 Å². The van der Waals surface area contributed by atoms with Crippen LogP contribution in [0.4, 0.5) is 5.13 Å². The Morgan fingerprint density at radius 1 is 1.33 bits per heavy atom. The molecular formula is C9H8Br2N2S2. The molecule has 15 heavy (non-hydrogen) atoms. The number of hydrogen-bond donors (Lipinski definition) is 1. The van der Waals surface area contributed by atoms with Gasteiger partial charge >= 0.3 is 0 Å². The Morgan fingerprint density at radius 2 is 2.20 bits per heavy atom. The molecule has 2 aromatic heterocycles. The highest BCUT2D eigenvalue weighted by Gasteiger charge is 2.00. The first-order valence-corrected chi connectivity index (χ1v) is 7.61. The van der Waals surface area contributed by atoms with Crippen molar-refractivity contribution in [3.05, 3.63) is 30.8 Å². The topological polar surface area (TPSA) is 24.9 Å². The van der Waals surface area contributed by atoms with Crippen LogP contribution in [0.1, 0.15) is 4.88 Å². The van der Waals surface area contributed by atoms with Gasteiger partial charge < -0.3 is 5.32 Å². The summed E-state index contributed by atoms with van der Waals surface area (Å²) in [6.45, 7) is 0.924. The van der Waals surface area contributed by atoms with E-state index < -0.39 is 0 Å². The maximum absolute atomic E-state index is 4.27. The van der Waals surface area contributed by atoms with Gasteiger partial charge in [0.05, 0.1) is 3.79 Å². The van der Waals surface area contributed by atoms with Crippen LogP contribution < -0.4 is 5.32 Å². The van der Waals surface area contributed by atoms with Gasteiger partial charge in [-0.25, -0.2) is 4.98 Å². The average Bonchev–Trinajstić information content (AvgIpc) is 2.76. The van der Waals surface area contributed by atoms with Gasteiger partial charge in [0.15, 0.2) is 5.13 Å². The van der Waals surface area contributed by atoms with Gasteiger partial charge in [0.2, 0.25) is 0 Å². The molecule has 2 rings (SSSR count). The molecule has 0 fully saturated rings. The molecule has 0 aromatic carbocycles. The Balaban J connectivity index is 1.80. The molecule has 2 aromatic rings. The number of thiophene rings is 1. The summed E-state index contributed by atoms with van der Waals surface area (Å²) in [6, 6.07) is 4.23. The van der Waals surface area contributed by atoms with Gasteiger partial charge in [-0.3, -0.25) is 0 Å². The number of thiazole rings is 1. The van der Waals surface area contributed by atoms with Crippen LogP contribution in [0.2, 0.25) is 0 Å². The van der Waals surface area contributed by atoms with Crippen LogP contribution in [-0.2, 0) is 6.42 Å². The van der Waals surface area contributed by atoms with E-state index in [0.29, 0.717) is 0 Å². The highest BCUT2D eigenvalue weighted by Crippen LogP contribution is 2.23. The van der Waals surface area contributed by atoms with E-state index in [1.165, 1.54) is 8.66 Å². The maximum atomic E-state index is 4.27. The van der Waals surface area contributed by atoms with E-state index >= 15 is 0 Å². The summed E-state index contributed by atoms with van der Waals surface area (Å²) >= 11 is 10.2. The van der Waals surface area contributed by atoms with Gasteiger partial charge in [-0.15, -0.1) is 22.7 Å². The zero-order valence-electron chi connectivity index (χ0n) is 7.67. The van der Waals surface area contributed by atoms with Crippen LogP contribution in [0.5, 0.6) is 0 Å². The van der Waals surface area contributed by atoms with Crippen LogP contribution >= 0.6 is 54.5 Å². The predicted molar refractivity (Wildman–Crippen MR) is 74.0 cm³/mol. The molecule has 0 spiro atoms. The van der Waals surface area contributed by atoms with E-state index in [0.717, 1.165) is 22.7 Å². The summed E-state index contributed by atoms with van der Waals surface area (Å²) in [5.41, 5.74) is 0. The fourth-order valence-corrected chi connectivity index (χ4v) is 3.77. The predicted octanol–water partition coefficient (Wildman–Crippen LogP) is 4.38. The van der Waals surface area contributed by atoms with Crippen molar-refractivity contribution in [2.24, 2.45) is 0 Å². The summed E-state index contributed by atoms with van der Waals surface area (Å²) in [5, 5.41) is 6.24. The molecular weight excluding hydrogens is 360 g/mol. The third-order valence-electron chi connectivity index (χ3n) is 1.75. The normalized spacial score (nSPS) is 10.5.